The van der Waals surface area contributed by atoms with Crippen molar-refractivity contribution in [1.29, 1.82) is 0 Å². The van der Waals surface area contributed by atoms with E-state index in [2.05, 4.69) is 37.3 Å². The molecule has 4 N–H and O–H groups in total. The van der Waals surface area contributed by atoms with Crippen LogP contribution in [0.15, 0.2) is 25.2 Å². The first-order valence-electron chi connectivity index (χ1n) is 15.5. The minimum absolute atomic E-state index is 0.0587. The predicted molar refractivity (Wildman–Crippen MR) is 162 cm³/mol. The number of aromatic amines is 1. The Kier molecular flexibility index (Phi) is 8.73. The molecule has 1 saturated heterocycles. The average Bonchev–Trinajstić information content (AvgIpc) is 3.73. The summed E-state index contributed by atoms with van der Waals surface area (Å²) in [6.45, 7) is 13.7. The van der Waals surface area contributed by atoms with Gasteiger partial charge in [-0.05, 0) is 49.4 Å². The number of Topliss-reactive ketones (excluding diaryl/α,β-unsaturated/α-hetero) is 1. The summed E-state index contributed by atoms with van der Waals surface area (Å²) in [4.78, 5) is 48.7. The monoisotopic (exact) mass is 600 g/mol. The maximum absolute atomic E-state index is 13.6. The molecule has 1 amide bonds. The molecule has 3 saturated carbocycles. The number of carbonyl (C=O) groups is 3. The van der Waals surface area contributed by atoms with Gasteiger partial charge < -0.3 is 25.5 Å². The maximum atomic E-state index is 13.6. The number of aromatic nitrogens is 2. The van der Waals surface area contributed by atoms with Crippen LogP contribution in [0.2, 0.25) is 0 Å². The zero-order valence-corrected chi connectivity index (χ0v) is 26.3. The number of aliphatic hydroxyl groups excluding tert-OH is 1. The molecule has 42 heavy (non-hydrogen) atoms. The molecule has 10 heteroatoms. The van der Waals surface area contributed by atoms with Gasteiger partial charge in [-0.1, -0.05) is 33.8 Å². The Bertz CT molecular complexity index is 1190. The molecular formula is C32H48N4O5S. The van der Waals surface area contributed by atoms with Crippen LogP contribution in [0, 0.1) is 34.0 Å². The summed E-state index contributed by atoms with van der Waals surface area (Å²) in [5, 5.41) is 11.8. The van der Waals surface area contributed by atoms with Crippen molar-refractivity contribution in [3.63, 3.8) is 0 Å². The molecule has 0 aromatic carbocycles. The zero-order valence-electron chi connectivity index (χ0n) is 25.5. The lowest BCUT2D eigenvalue weighted by Gasteiger charge is -2.61. The van der Waals surface area contributed by atoms with E-state index < -0.39 is 29.1 Å². The van der Waals surface area contributed by atoms with Crippen molar-refractivity contribution < 1.29 is 24.2 Å². The normalized spacial score (nSPS) is 40.6. The van der Waals surface area contributed by atoms with Gasteiger partial charge in [0, 0.05) is 59.8 Å². The van der Waals surface area contributed by atoms with Crippen molar-refractivity contribution in [2.24, 2.45) is 39.7 Å². The Hall–Kier alpha value is -2.17. The quantitative estimate of drug-likeness (QED) is 0.304. The Morgan fingerprint density at radius 1 is 1.33 bits per heavy atom. The maximum Gasteiger partial charge on any atom is 0.316 e. The lowest BCUT2D eigenvalue weighted by molar-refractivity contribution is -0.205. The van der Waals surface area contributed by atoms with Crippen molar-refractivity contribution in [1.82, 2.24) is 14.9 Å². The summed E-state index contributed by atoms with van der Waals surface area (Å²) in [7, 11) is 0. The van der Waals surface area contributed by atoms with Crippen LogP contribution in [0.5, 0.6) is 0 Å². The van der Waals surface area contributed by atoms with E-state index >= 15 is 0 Å². The Balaban J connectivity index is 1.27. The molecular weight excluding hydrogens is 552 g/mol. The van der Waals surface area contributed by atoms with Gasteiger partial charge in [-0.15, -0.1) is 18.3 Å². The Morgan fingerprint density at radius 2 is 2.10 bits per heavy atom. The fourth-order valence-electron chi connectivity index (χ4n) is 8.90. The van der Waals surface area contributed by atoms with E-state index in [4.69, 9.17) is 10.5 Å². The third-order valence-corrected chi connectivity index (χ3v) is 13.0. The van der Waals surface area contributed by atoms with Crippen LogP contribution in [0.1, 0.15) is 71.9 Å². The number of hydrogen-bond acceptors (Lipinski definition) is 8. The summed E-state index contributed by atoms with van der Waals surface area (Å²) in [6.07, 6.45) is 8.65. The largest absolute Gasteiger partial charge is 0.461 e. The lowest BCUT2D eigenvalue weighted by Crippen LogP contribution is -2.63. The third-order valence-electron chi connectivity index (χ3n) is 11.8. The number of nitrogens with two attached hydrogens (primary N) is 1. The number of imidazole rings is 1. The number of ether oxygens (including phenoxy) is 1. The van der Waals surface area contributed by atoms with E-state index in [-0.39, 0.29) is 51.8 Å². The van der Waals surface area contributed by atoms with E-state index in [9.17, 15) is 19.5 Å². The molecule has 3 aliphatic carbocycles. The first kappa shape index (κ1) is 31.3. The molecule has 5 rings (SSSR count). The number of likely N-dealkylation sites (tertiary alicyclic amines) is 1. The molecule has 1 aliphatic heterocycles. The van der Waals surface area contributed by atoms with E-state index in [1.54, 1.807) is 17.4 Å². The van der Waals surface area contributed by atoms with Gasteiger partial charge in [0.15, 0.2) is 0 Å². The topological polar surface area (TPSA) is 139 Å². The van der Waals surface area contributed by atoms with Gasteiger partial charge >= 0.3 is 5.97 Å². The number of aliphatic hydroxyl groups is 1. The van der Waals surface area contributed by atoms with Crippen LogP contribution in [-0.4, -0.2) is 80.0 Å². The lowest BCUT2D eigenvalue weighted by atomic mass is 9.44. The van der Waals surface area contributed by atoms with Crippen LogP contribution < -0.4 is 5.73 Å². The molecule has 1 aromatic rings. The number of rotatable bonds is 8. The van der Waals surface area contributed by atoms with E-state index in [0.717, 1.165) is 31.4 Å². The number of ketones is 1. The van der Waals surface area contributed by atoms with Crippen molar-refractivity contribution in [3.05, 3.63) is 30.9 Å². The second-order valence-electron chi connectivity index (χ2n) is 14.0. The molecule has 0 radical (unpaired) electrons. The molecule has 2 heterocycles. The molecule has 0 spiro atoms. The number of H-pyrrole nitrogens is 1. The second-order valence-corrected chi connectivity index (χ2v) is 15.2. The number of hydrogen-bond donors (Lipinski definition) is 3. The first-order chi connectivity index (χ1) is 19.9. The van der Waals surface area contributed by atoms with Crippen molar-refractivity contribution in [2.75, 3.05) is 18.8 Å². The van der Waals surface area contributed by atoms with E-state index in [0.29, 0.717) is 32.4 Å². The van der Waals surface area contributed by atoms with Gasteiger partial charge in [-0.25, -0.2) is 4.98 Å². The second kappa shape index (κ2) is 11.7. The highest BCUT2D eigenvalue weighted by atomic mass is 32.2. The summed E-state index contributed by atoms with van der Waals surface area (Å²) in [5.41, 5.74) is 5.54. The van der Waals surface area contributed by atoms with Crippen molar-refractivity contribution in [2.45, 2.75) is 96.1 Å². The molecule has 232 valence electrons. The molecule has 5 unspecified atom stereocenters. The third kappa shape index (κ3) is 5.25. The smallest absolute Gasteiger partial charge is 0.316 e. The highest BCUT2D eigenvalue weighted by Gasteiger charge is 2.68. The van der Waals surface area contributed by atoms with E-state index in [1.807, 2.05) is 13.0 Å². The Labute approximate surface area is 253 Å². The average molecular weight is 601 g/mol. The van der Waals surface area contributed by atoms with Crippen LogP contribution in [0.3, 0.4) is 0 Å². The summed E-state index contributed by atoms with van der Waals surface area (Å²) in [5.74, 6) is -0.0839. The molecule has 1 aromatic heterocycles. The molecule has 10 atom stereocenters. The molecule has 4 aliphatic rings. The SMILES string of the molecule is C=C[C@]1(C)C[C@@H](OC(=O)CSC2CCN(C(=O)[C@H](N)Cc3cnc[nH]3)C2)[C@@]2(C)C(C)CCC3(CCC(=O)C32)[C@@H](C)C1O. The number of thioether (sulfide) groups is 1. The van der Waals surface area contributed by atoms with Crippen LogP contribution in [0.4, 0.5) is 0 Å². The molecule has 9 nitrogen and oxygen atoms in total. The van der Waals surface area contributed by atoms with Crippen LogP contribution >= 0.6 is 11.8 Å². The van der Waals surface area contributed by atoms with Gasteiger partial charge in [0.1, 0.15) is 11.9 Å². The van der Waals surface area contributed by atoms with Gasteiger partial charge in [-0.2, -0.15) is 0 Å². The standard InChI is InChI=1S/C32H48N4O5S/c1-6-30(4)14-25(31(5)19(2)7-10-32(20(3)28(30)39)11-8-24(37)27(31)32)41-26(38)17-42-22-9-12-36(16-22)29(40)23(33)13-21-15-34-18-35-21/h6,15,18-20,22-23,25,27-28,39H,1,7-14,16-17,33H2,2-5H3,(H,34,35)/t19?,20-,22?,23+,25+,27?,28?,30+,31+,32?/m0/s1. The number of amides is 1. The highest BCUT2D eigenvalue weighted by molar-refractivity contribution is 8.00. The fraction of sp³-hybridized carbons (Fsp3) is 0.750. The molecule has 4 fully saturated rings. The van der Waals surface area contributed by atoms with Gasteiger partial charge in [0.25, 0.3) is 0 Å². The number of nitrogens with one attached hydrogen (secondary N) is 1. The Morgan fingerprint density at radius 3 is 2.79 bits per heavy atom. The predicted octanol–water partition coefficient (Wildman–Crippen LogP) is 3.52. The number of nitrogens with zero attached hydrogens (tertiary/aromatic N) is 2. The summed E-state index contributed by atoms with van der Waals surface area (Å²) in [6, 6.07) is -0.639. The number of esters is 1. The van der Waals surface area contributed by atoms with Gasteiger partial charge in [0.2, 0.25) is 5.91 Å². The molecule has 2 bridgehead atoms. The number of carbonyl (C=O) groups excluding carboxylic acids is 3. The summed E-state index contributed by atoms with van der Waals surface area (Å²) >= 11 is 1.51. The van der Waals surface area contributed by atoms with Crippen LogP contribution in [-0.2, 0) is 25.5 Å². The van der Waals surface area contributed by atoms with E-state index in [1.165, 1.54) is 11.8 Å². The zero-order chi connectivity index (χ0) is 30.4. The van der Waals surface area contributed by atoms with Crippen LogP contribution in [0.25, 0.3) is 0 Å². The van der Waals surface area contributed by atoms with Gasteiger partial charge in [-0.3, -0.25) is 14.4 Å². The van der Waals surface area contributed by atoms with Gasteiger partial charge in [0.05, 0.1) is 24.2 Å². The first-order valence-corrected chi connectivity index (χ1v) is 16.6. The summed E-state index contributed by atoms with van der Waals surface area (Å²) < 4.78 is 6.37. The van der Waals surface area contributed by atoms with Crippen molar-refractivity contribution >= 4 is 29.4 Å². The minimum atomic E-state index is -0.682. The highest BCUT2D eigenvalue weighted by Crippen LogP contribution is 2.68. The fourth-order valence-corrected chi connectivity index (χ4v) is 9.90. The minimum Gasteiger partial charge on any atom is -0.461 e. The van der Waals surface area contributed by atoms with Crippen molar-refractivity contribution in [3.8, 4) is 0 Å².